The highest BCUT2D eigenvalue weighted by atomic mass is 14.0. The lowest BCUT2D eigenvalue weighted by Gasteiger charge is -1.97. The van der Waals surface area contributed by atoms with Crippen LogP contribution >= 0.6 is 0 Å². The molecule has 16 heavy (non-hydrogen) atoms. The molecule has 0 heterocycles. The van der Waals surface area contributed by atoms with Gasteiger partial charge in [-0.3, -0.25) is 0 Å². The molecule has 2 bridgehead atoms. The van der Waals surface area contributed by atoms with Gasteiger partial charge in [-0.05, 0) is 11.1 Å². The topological polar surface area (TPSA) is 0 Å². The Morgan fingerprint density at radius 2 is 1.88 bits per heavy atom. The van der Waals surface area contributed by atoms with Crippen molar-refractivity contribution < 1.29 is 0 Å². The predicted molar refractivity (Wildman–Crippen MR) is 69.9 cm³/mol. The van der Waals surface area contributed by atoms with Crippen LogP contribution < -0.4 is 0 Å². The van der Waals surface area contributed by atoms with Gasteiger partial charge in [0.1, 0.15) is 0 Å². The van der Waals surface area contributed by atoms with E-state index in [1.807, 2.05) is 18.2 Å². The lowest BCUT2D eigenvalue weighted by molar-refractivity contribution is 1.30. The van der Waals surface area contributed by atoms with Crippen LogP contribution in [0.2, 0.25) is 0 Å². The van der Waals surface area contributed by atoms with E-state index in [1.165, 1.54) is 11.1 Å². The predicted octanol–water partition coefficient (Wildman–Crippen LogP) is 3.76. The van der Waals surface area contributed by atoms with Gasteiger partial charge in [0.2, 0.25) is 0 Å². The van der Waals surface area contributed by atoms with Crippen LogP contribution in [-0.2, 0) is 6.42 Å². The monoisotopic (exact) mass is 206 g/mol. The molecule has 0 amide bonds. The highest BCUT2D eigenvalue weighted by Gasteiger charge is 1.91. The fourth-order valence-electron chi connectivity index (χ4n) is 1.54. The van der Waals surface area contributed by atoms with Gasteiger partial charge in [0.25, 0.3) is 0 Å². The molecule has 0 aromatic heterocycles. The third-order valence-corrected chi connectivity index (χ3v) is 2.35. The Labute approximate surface area is 97.0 Å². The van der Waals surface area contributed by atoms with Crippen LogP contribution in [0.3, 0.4) is 0 Å². The summed E-state index contributed by atoms with van der Waals surface area (Å²) in [6, 6.07) is 8.50. The molecule has 0 nitrogen and oxygen atoms in total. The first kappa shape index (κ1) is 10.5. The summed E-state index contributed by atoms with van der Waals surface area (Å²) in [7, 11) is 0. The second-order valence-electron chi connectivity index (χ2n) is 3.65. The van der Waals surface area contributed by atoms with E-state index in [2.05, 4.69) is 54.3 Å². The number of hydrogen-bond acceptors (Lipinski definition) is 0. The summed E-state index contributed by atoms with van der Waals surface area (Å²) in [4.78, 5) is 0. The Kier molecular flexibility index (Phi) is 3.80. The molecule has 0 N–H and O–H groups in total. The Balaban J connectivity index is 2.29. The molecule has 1 aliphatic rings. The fraction of sp³-hybridized carbons (Fsp3) is 0.125. The Morgan fingerprint density at radius 3 is 2.88 bits per heavy atom. The molecule has 0 unspecified atom stereocenters. The van der Waals surface area contributed by atoms with E-state index in [4.69, 9.17) is 0 Å². The number of rotatable bonds is 0. The largest absolute Gasteiger partial charge is 0.0988 e. The summed E-state index contributed by atoms with van der Waals surface area (Å²) in [5.41, 5.74) is 2.51. The number of hydrogen-bond donors (Lipinski definition) is 0. The van der Waals surface area contributed by atoms with E-state index in [-0.39, 0.29) is 0 Å². The minimum Gasteiger partial charge on any atom is -0.0988 e. The number of fused-ring (bicyclic) bond motifs is 2. The zero-order valence-electron chi connectivity index (χ0n) is 9.19. The van der Waals surface area contributed by atoms with E-state index in [9.17, 15) is 0 Å². The molecule has 0 aliphatic heterocycles. The maximum Gasteiger partial charge on any atom is 0.0340 e. The smallest absolute Gasteiger partial charge is 0.0340 e. The van der Waals surface area contributed by atoms with Crippen molar-refractivity contribution in [2.45, 2.75) is 12.8 Å². The Morgan fingerprint density at radius 1 is 0.938 bits per heavy atom. The fourth-order valence-corrected chi connectivity index (χ4v) is 1.54. The lowest BCUT2D eigenvalue weighted by atomic mass is 10.1. The molecule has 0 spiro atoms. The van der Waals surface area contributed by atoms with E-state index in [0.29, 0.717) is 0 Å². The van der Waals surface area contributed by atoms with Gasteiger partial charge in [0.05, 0.1) is 0 Å². The molecule has 1 aromatic carbocycles. The van der Waals surface area contributed by atoms with Gasteiger partial charge in [-0.15, -0.1) is 0 Å². The van der Waals surface area contributed by atoms with Crippen LogP contribution in [0.1, 0.15) is 17.5 Å². The molecular formula is C16H14. The van der Waals surface area contributed by atoms with Gasteiger partial charge in [0, 0.05) is 12.8 Å². The minimum absolute atomic E-state index is 0.827. The Bertz CT molecular complexity index is 490. The average Bonchev–Trinajstić information content (AvgIpc) is 2.32. The number of allylic oxidation sites excluding steroid dienone is 5. The third kappa shape index (κ3) is 3.29. The molecule has 0 heteroatoms. The molecule has 2 rings (SSSR count). The van der Waals surface area contributed by atoms with Gasteiger partial charge in [-0.25, -0.2) is 0 Å². The van der Waals surface area contributed by atoms with Crippen LogP contribution in [0, 0.1) is 11.8 Å². The van der Waals surface area contributed by atoms with Crippen molar-refractivity contribution in [3.63, 3.8) is 0 Å². The van der Waals surface area contributed by atoms with Gasteiger partial charge in [-0.1, -0.05) is 72.6 Å². The highest BCUT2D eigenvalue weighted by molar-refractivity contribution is 5.52. The third-order valence-electron chi connectivity index (χ3n) is 2.35. The van der Waals surface area contributed by atoms with Crippen molar-refractivity contribution in [2.24, 2.45) is 0 Å². The van der Waals surface area contributed by atoms with Crippen molar-refractivity contribution in [3.8, 4) is 11.8 Å². The van der Waals surface area contributed by atoms with Crippen molar-refractivity contribution >= 4 is 6.08 Å². The summed E-state index contributed by atoms with van der Waals surface area (Å²) in [5, 5.41) is 0. The summed E-state index contributed by atoms with van der Waals surface area (Å²) < 4.78 is 0. The maximum absolute atomic E-state index is 3.18. The molecule has 0 radical (unpaired) electrons. The zero-order chi connectivity index (χ0) is 11.1. The second kappa shape index (κ2) is 5.78. The van der Waals surface area contributed by atoms with E-state index in [1.54, 1.807) is 0 Å². The van der Waals surface area contributed by atoms with Gasteiger partial charge in [0.15, 0.2) is 0 Å². The van der Waals surface area contributed by atoms with Crippen molar-refractivity contribution in [1.82, 2.24) is 0 Å². The van der Waals surface area contributed by atoms with Crippen LogP contribution in [0.15, 0.2) is 54.6 Å². The zero-order valence-corrected chi connectivity index (χ0v) is 9.19. The Hall–Kier alpha value is -2.00. The minimum atomic E-state index is 0.827. The molecule has 0 saturated carbocycles. The molecule has 78 valence electrons. The summed E-state index contributed by atoms with van der Waals surface area (Å²) in [6.07, 6.45) is 14.0. The standard InChI is InChI=1S/C16H14/c1-2-4-6-8-11-16-13-9-12-15(14-16)10-7-5-3-1/h1-3,5,7,9-10,12-14H,4,11H2/b2-1-,5-3+,10-7-. The maximum atomic E-state index is 3.18. The van der Waals surface area contributed by atoms with Crippen molar-refractivity contribution in [3.05, 3.63) is 65.8 Å². The first-order chi connectivity index (χ1) is 7.95. The molecule has 1 aromatic rings. The quantitative estimate of drug-likeness (QED) is 0.567. The molecule has 1 aliphatic carbocycles. The summed E-state index contributed by atoms with van der Waals surface area (Å²) >= 11 is 0. The second-order valence-corrected chi connectivity index (χ2v) is 3.65. The SMILES string of the molecule is C1#CCc2cccc(c2)\C=C/C=C/C=C\C1. The molecular weight excluding hydrogens is 192 g/mol. The highest BCUT2D eigenvalue weighted by Crippen LogP contribution is 2.08. The lowest BCUT2D eigenvalue weighted by Crippen LogP contribution is -1.82. The first-order valence-electron chi connectivity index (χ1n) is 5.50. The van der Waals surface area contributed by atoms with E-state index in [0.717, 1.165) is 12.8 Å². The van der Waals surface area contributed by atoms with Crippen LogP contribution in [0.5, 0.6) is 0 Å². The van der Waals surface area contributed by atoms with Crippen molar-refractivity contribution in [2.75, 3.05) is 0 Å². The first-order valence-corrected chi connectivity index (χ1v) is 5.50. The van der Waals surface area contributed by atoms with E-state index < -0.39 is 0 Å². The summed E-state index contributed by atoms with van der Waals surface area (Å²) in [5.74, 6) is 6.32. The van der Waals surface area contributed by atoms with Crippen molar-refractivity contribution in [1.29, 1.82) is 0 Å². The van der Waals surface area contributed by atoms with Crippen LogP contribution in [0.25, 0.3) is 6.08 Å². The molecule has 0 atom stereocenters. The number of benzene rings is 1. The van der Waals surface area contributed by atoms with Crippen LogP contribution in [-0.4, -0.2) is 0 Å². The van der Waals surface area contributed by atoms with Gasteiger partial charge < -0.3 is 0 Å². The van der Waals surface area contributed by atoms with Gasteiger partial charge in [-0.2, -0.15) is 0 Å². The normalized spacial score (nSPS) is 20.2. The van der Waals surface area contributed by atoms with E-state index >= 15 is 0 Å². The average molecular weight is 206 g/mol. The van der Waals surface area contributed by atoms with Crippen LogP contribution in [0.4, 0.5) is 0 Å². The molecule has 0 fully saturated rings. The summed E-state index contributed by atoms with van der Waals surface area (Å²) in [6.45, 7) is 0. The molecule has 0 saturated heterocycles. The van der Waals surface area contributed by atoms with Gasteiger partial charge >= 0.3 is 0 Å².